The quantitative estimate of drug-likeness (QED) is 0.247. The fourth-order valence-corrected chi connectivity index (χ4v) is 5.95. The molecule has 5 heteroatoms. The van der Waals surface area contributed by atoms with Gasteiger partial charge in [0.2, 0.25) is 11.8 Å². The number of nitrogens with zero attached hydrogens (tertiary/aromatic N) is 3. The monoisotopic (exact) mass is 457 g/mol. The van der Waals surface area contributed by atoms with Crippen LogP contribution in [-0.4, -0.2) is 17.2 Å². The molecular formula is C29H19N3OS. The Kier molecular flexibility index (Phi) is 4.26. The second kappa shape index (κ2) is 7.47. The van der Waals surface area contributed by atoms with Crippen molar-refractivity contribution in [3.8, 4) is 22.9 Å². The molecule has 0 aliphatic carbocycles. The molecule has 0 atom stereocenters. The predicted octanol–water partition coefficient (Wildman–Crippen LogP) is 7.94. The van der Waals surface area contributed by atoms with Crippen LogP contribution in [0.1, 0.15) is 0 Å². The molecule has 0 radical (unpaired) electrons. The molecule has 0 spiro atoms. The first-order chi connectivity index (χ1) is 16.8. The van der Waals surface area contributed by atoms with E-state index in [4.69, 9.17) is 4.42 Å². The Labute approximate surface area is 200 Å². The van der Waals surface area contributed by atoms with Crippen molar-refractivity contribution in [2.45, 2.75) is 9.79 Å². The van der Waals surface area contributed by atoms with Crippen molar-refractivity contribution < 1.29 is 4.42 Å². The number of rotatable bonds is 2. The third kappa shape index (κ3) is 2.94. The van der Waals surface area contributed by atoms with Crippen molar-refractivity contribution in [3.05, 3.63) is 97.1 Å². The molecule has 34 heavy (non-hydrogen) atoms. The zero-order valence-electron chi connectivity index (χ0n) is 18.4. The molecule has 0 N–H and O–H groups in total. The Balaban J connectivity index is 1.35. The first kappa shape index (κ1) is 19.4. The molecule has 0 saturated carbocycles. The van der Waals surface area contributed by atoms with Gasteiger partial charge in [0.1, 0.15) is 0 Å². The second-order valence-corrected chi connectivity index (χ2v) is 9.50. The summed E-state index contributed by atoms with van der Waals surface area (Å²) < 4.78 is 6.31. The van der Waals surface area contributed by atoms with E-state index in [1.807, 2.05) is 12.1 Å². The van der Waals surface area contributed by atoms with Crippen molar-refractivity contribution in [1.82, 2.24) is 10.2 Å². The molecule has 1 aromatic heterocycles. The van der Waals surface area contributed by atoms with Crippen LogP contribution in [-0.2, 0) is 0 Å². The highest BCUT2D eigenvalue weighted by molar-refractivity contribution is 7.99. The zero-order chi connectivity index (χ0) is 22.6. The summed E-state index contributed by atoms with van der Waals surface area (Å²) in [6.45, 7) is 0. The number of hydrogen-bond donors (Lipinski definition) is 0. The number of anilines is 2. The molecule has 0 fully saturated rings. The molecule has 2 heterocycles. The standard InChI is InChI=1S/C29H19N3OS/c1-32-23-12-6-7-13-25(23)34-26-17-20(14-15-24(26)32)28-30-31-29(33-28)27-21-10-4-2-8-18(21)16-19-9-3-5-11-22(19)27/h2-17H,1H3. The predicted molar refractivity (Wildman–Crippen MR) is 139 cm³/mol. The summed E-state index contributed by atoms with van der Waals surface area (Å²) in [5.41, 5.74) is 4.29. The fraction of sp³-hybridized carbons (Fsp3) is 0.0345. The van der Waals surface area contributed by atoms with Crippen molar-refractivity contribution in [2.24, 2.45) is 0 Å². The van der Waals surface area contributed by atoms with Crippen LogP contribution in [0.15, 0.2) is 111 Å². The van der Waals surface area contributed by atoms with E-state index in [1.54, 1.807) is 11.8 Å². The Bertz CT molecular complexity index is 1670. The summed E-state index contributed by atoms with van der Waals surface area (Å²) in [6.07, 6.45) is 0. The lowest BCUT2D eigenvalue weighted by Gasteiger charge is -2.29. The van der Waals surface area contributed by atoms with Crippen LogP contribution in [0.5, 0.6) is 0 Å². The molecule has 0 amide bonds. The van der Waals surface area contributed by atoms with Crippen LogP contribution < -0.4 is 4.90 Å². The van der Waals surface area contributed by atoms with Gasteiger partial charge in [-0.25, -0.2) is 0 Å². The average molecular weight is 458 g/mol. The molecule has 1 aliphatic rings. The van der Waals surface area contributed by atoms with Crippen LogP contribution in [0.4, 0.5) is 11.4 Å². The highest BCUT2D eigenvalue weighted by Crippen LogP contribution is 2.48. The lowest BCUT2D eigenvalue weighted by Crippen LogP contribution is -2.14. The SMILES string of the molecule is CN1c2ccccc2Sc2cc(-c3nnc(-c4c5ccccc5cc5ccccc45)o3)ccc21. The van der Waals surface area contributed by atoms with E-state index < -0.39 is 0 Å². The molecule has 4 nitrogen and oxygen atoms in total. The van der Waals surface area contributed by atoms with E-state index in [0.29, 0.717) is 11.8 Å². The Hall–Kier alpha value is -4.09. The summed E-state index contributed by atoms with van der Waals surface area (Å²) >= 11 is 1.77. The first-order valence-corrected chi connectivity index (χ1v) is 12.0. The molecule has 0 unspecified atom stereocenters. The van der Waals surface area contributed by atoms with Gasteiger partial charge in [-0.2, -0.15) is 0 Å². The van der Waals surface area contributed by atoms with E-state index in [9.17, 15) is 0 Å². The van der Waals surface area contributed by atoms with Gasteiger partial charge in [-0.3, -0.25) is 0 Å². The minimum atomic E-state index is 0.525. The number of para-hydroxylation sites is 1. The lowest BCUT2D eigenvalue weighted by atomic mass is 9.97. The maximum absolute atomic E-state index is 6.31. The molecule has 0 bridgehead atoms. The van der Waals surface area contributed by atoms with Crippen molar-refractivity contribution in [1.29, 1.82) is 0 Å². The van der Waals surface area contributed by atoms with Gasteiger partial charge in [0.05, 0.1) is 16.9 Å². The highest BCUT2D eigenvalue weighted by atomic mass is 32.2. The topological polar surface area (TPSA) is 42.2 Å². The van der Waals surface area contributed by atoms with Crippen LogP contribution >= 0.6 is 11.8 Å². The van der Waals surface area contributed by atoms with Crippen LogP contribution in [0.25, 0.3) is 44.5 Å². The Morgan fingerprint density at radius 2 is 1.29 bits per heavy atom. The van der Waals surface area contributed by atoms with E-state index in [1.165, 1.54) is 21.2 Å². The largest absolute Gasteiger partial charge is 0.416 e. The fourth-order valence-electron chi connectivity index (χ4n) is 4.76. The lowest BCUT2D eigenvalue weighted by molar-refractivity contribution is 0.585. The summed E-state index contributed by atoms with van der Waals surface area (Å²) in [5, 5.41) is 13.5. The molecule has 5 aromatic carbocycles. The highest BCUT2D eigenvalue weighted by Gasteiger charge is 2.22. The van der Waals surface area contributed by atoms with Gasteiger partial charge in [-0.05, 0) is 57.9 Å². The smallest absolute Gasteiger partial charge is 0.249 e. The van der Waals surface area contributed by atoms with Gasteiger partial charge in [0.15, 0.2) is 0 Å². The number of benzene rings is 5. The average Bonchev–Trinajstić information content (AvgIpc) is 3.37. The van der Waals surface area contributed by atoms with Gasteiger partial charge >= 0.3 is 0 Å². The Morgan fingerprint density at radius 3 is 2.09 bits per heavy atom. The van der Waals surface area contributed by atoms with Crippen molar-refractivity contribution >= 4 is 44.7 Å². The molecule has 162 valence electrons. The maximum atomic E-state index is 6.31. The molecule has 1 aliphatic heterocycles. The Morgan fingerprint density at radius 1 is 0.647 bits per heavy atom. The van der Waals surface area contributed by atoms with E-state index >= 15 is 0 Å². The summed E-state index contributed by atoms with van der Waals surface area (Å²) in [6, 6.07) is 33.7. The third-order valence-corrected chi connectivity index (χ3v) is 7.54. The zero-order valence-corrected chi connectivity index (χ0v) is 19.2. The number of hydrogen-bond acceptors (Lipinski definition) is 5. The van der Waals surface area contributed by atoms with Gasteiger partial charge in [0.25, 0.3) is 0 Å². The van der Waals surface area contributed by atoms with Gasteiger partial charge in [-0.1, -0.05) is 72.4 Å². The normalized spacial score (nSPS) is 12.7. The van der Waals surface area contributed by atoms with Crippen molar-refractivity contribution in [2.75, 3.05) is 11.9 Å². The molecular weight excluding hydrogens is 438 g/mol. The van der Waals surface area contributed by atoms with E-state index in [-0.39, 0.29) is 0 Å². The molecule has 0 saturated heterocycles. The minimum absolute atomic E-state index is 0.525. The summed E-state index contributed by atoms with van der Waals surface area (Å²) in [5.74, 6) is 1.06. The first-order valence-electron chi connectivity index (χ1n) is 11.2. The van der Waals surface area contributed by atoms with Crippen molar-refractivity contribution in [3.63, 3.8) is 0 Å². The minimum Gasteiger partial charge on any atom is -0.416 e. The van der Waals surface area contributed by atoms with E-state index in [0.717, 1.165) is 32.7 Å². The maximum Gasteiger partial charge on any atom is 0.249 e. The number of fused-ring (bicyclic) bond motifs is 4. The second-order valence-electron chi connectivity index (χ2n) is 8.42. The van der Waals surface area contributed by atoms with Gasteiger partial charge in [0, 0.05) is 22.4 Å². The number of aromatic nitrogens is 2. The summed E-state index contributed by atoms with van der Waals surface area (Å²) in [4.78, 5) is 4.64. The summed E-state index contributed by atoms with van der Waals surface area (Å²) in [7, 11) is 2.10. The van der Waals surface area contributed by atoms with Gasteiger partial charge < -0.3 is 9.32 Å². The van der Waals surface area contributed by atoms with Crippen LogP contribution in [0.3, 0.4) is 0 Å². The molecule has 7 rings (SSSR count). The van der Waals surface area contributed by atoms with Crippen LogP contribution in [0, 0.1) is 0 Å². The van der Waals surface area contributed by atoms with Crippen LogP contribution in [0.2, 0.25) is 0 Å². The third-order valence-electron chi connectivity index (χ3n) is 6.42. The van der Waals surface area contributed by atoms with E-state index in [2.05, 4.69) is 107 Å². The molecule has 6 aromatic rings. The van der Waals surface area contributed by atoms with Gasteiger partial charge in [-0.15, -0.1) is 10.2 Å².